The summed E-state index contributed by atoms with van der Waals surface area (Å²) >= 11 is 0. The summed E-state index contributed by atoms with van der Waals surface area (Å²) in [5.74, 6) is 0.632. The Bertz CT molecular complexity index is 464. The van der Waals surface area contributed by atoms with Crippen molar-refractivity contribution in [2.24, 2.45) is 0 Å². The number of hydrogen-bond acceptors (Lipinski definition) is 3. The van der Waals surface area contributed by atoms with Gasteiger partial charge in [-0.2, -0.15) is 5.48 Å². The van der Waals surface area contributed by atoms with Crippen LogP contribution in [-0.4, -0.2) is 11.3 Å². The molecule has 0 saturated heterocycles. The van der Waals surface area contributed by atoms with E-state index in [1.54, 1.807) is 6.92 Å². The number of rotatable bonds is 6. The van der Waals surface area contributed by atoms with Crippen LogP contribution in [0.1, 0.15) is 62.0 Å². The van der Waals surface area contributed by atoms with E-state index in [9.17, 15) is 4.79 Å². The number of carbonyl (C=O) groups is 1. The highest BCUT2D eigenvalue weighted by Crippen LogP contribution is 2.24. The van der Waals surface area contributed by atoms with Gasteiger partial charge in [-0.15, -0.1) is 0 Å². The van der Waals surface area contributed by atoms with E-state index in [1.807, 2.05) is 26.0 Å². The number of benzene rings is 1. The Balaban J connectivity index is 2.94. The Morgan fingerprint density at radius 3 is 2.37 bits per heavy atom. The van der Waals surface area contributed by atoms with Gasteiger partial charge in [0.15, 0.2) is 11.5 Å². The molecule has 0 aliphatic heterocycles. The number of carbonyl (C=O) groups excluding carboxylic acids is 1. The van der Waals surface area contributed by atoms with Gasteiger partial charge >= 0.3 is 0 Å². The molecule has 0 unspecified atom stereocenters. The molecule has 0 atom stereocenters. The zero-order valence-corrected chi connectivity index (χ0v) is 12.9. The summed E-state index contributed by atoms with van der Waals surface area (Å²) in [5, 5.41) is 0. The Labute approximate surface area is 116 Å². The third-order valence-corrected chi connectivity index (χ3v) is 3.29. The van der Waals surface area contributed by atoms with Gasteiger partial charge in [-0.1, -0.05) is 13.3 Å². The van der Waals surface area contributed by atoms with E-state index in [-0.39, 0.29) is 11.3 Å². The molecule has 1 N–H and O–H groups in total. The van der Waals surface area contributed by atoms with E-state index in [0.717, 1.165) is 24.0 Å². The largest absolute Gasteiger partial charge is 0.407 e. The Morgan fingerprint density at radius 1 is 1.26 bits per heavy atom. The normalized spacial score (nSPS) is 11.5. The van der Waals surface area contributed by atoms with Crippen LogP contribution in [0.2, 0.25) is 0 Å². The van der Waals surface area contributed by atoms with Gasteiger partial charge in [0.25, 0.3) is 0 Å². The Hall–Kier alpha value is -1.35. The lowest BCUT2D eigenvalue weighted by atomic mass is 10.0. The highest BCUT2D eigenvalue weighted by atomic mass is 16.6. The van der Waals surface area contributed by atoms with Crippen molar-refractivity contribution in [1.82, 2.24) is 5.48 Å². The van der Waals surface area contributed by atoms with Crippen LogP contribution in [0.3, 0.4) is 0 Å². The Kier molecular flexibility index (Phi) is 5.12. The smallest absolute Gasteiger partial charge is 0.163 e. The first-order chi connectivity index (χ1) is 8.76. The maximum absolute atomic E-state index is 11.7. The molecule has 0 aliphatic carbocycles. The number of hydrogen-bond donors (Lipinski definition) is 1. The lowest BCUT2D eigenvalue weighted by Gasteiger charge is -2.26. The molecule has 0 fully saturated rings. The van der Waals surface area contributed by atoms with Crippen LogP contribution >= 0.6 is 0 Å². The highest BCUT2D eigenvalue weighted by Gasteiger charge is 2.19. The van der Waals surface area contributed by atoms with Gasteiger partial charge in [-0.05, 0) is 64.3 Å². The molecular weight excluding hydrogens is 238 g/mol. The van der Waals surface area contributed by atoms with Crippen LogP contribution in [0.15, 0.2) is 12.1 Å². The van der Waals surface area contributed by atoms with Crippen molar-refractivity contribution < 1.29 is 9.63 Å². The molecule has 1 rings (SSSR count). The minimum atomic E-state index is -0.110. The summed E-state index contributed by atoms with van der Waals surface area (Å²) < 4.78 is 0. The molecule has 0 amide bonds. The highest BCUT2D eigenvalue weighted by molar-refractivity contribution is 5.97. The molecule has 0 bridgehead atoms. The van der Waals surface area contributed by atoms with Gasteiger partial charge in [0, 0.05) is 5.54 Å². The van der Waals surface area contributed by atoms with Crippen LogP contribution in [0, 0.1) is 13.8 Å². The fraction of sp³-hybridized carbons (Fsp3) is 0.562. The molecule has 3 heteroatoms. The van der Waals surface area contributed by atoms with Crippen molar-refractivity contribution >= 4 is 5.78 Å². The first-order valence-electron chi connectivity index (χ1n) is 6.83. The molecule has 0 saturated carbocycles. The van der Waals surface area contributed by atoms with Gasteiger partial charge in [-0.25, -0.2) is 0 Å². The van der Waals surface area contributed by atoms with Gasteiger partial charge in [0.2, 0.25) is 0 Å². The maximum Gasteiger partial charge on any atom is 0.163 e. The van der Waals surface area contributed by atoms with Crippen molar-refractivity contribution in [3.05, 3.63) is 28.8 Å². The van der Waals surface area contributed by atoms with Crippen molar-refractivity contribution in [3.8, 4) is 5.75 Å². The molecule has 1 aromatic carbocycles. The minimum absolute atomic E-state index is 0.0215. The second-order valence-electron chi connectivity index (χ2n) is 5.83. The molecule has 106 valence electrons. The van der Waals surface area contributed by atoms with Crippen molar-refractivity contribution in [2.75, 3.05) is 0 Å². The zero-order valence-electron chi connectivity index (χ0n) is 12.9. The topological polar surface area (TPSA) is 38.3 Å². The van der Waals surface area contributed by atoms with E-state index in [0.29, 0.717) is 11.3 Å². The molecule has 1 aromatic rings. The van der Waals surface area contributed by atoms with Crippen LogP contribution in [0.25, 0.3) is 0 Å². The van der Waals surface area contributed by atoms with Crippen LogP contribution in [-0.2, 0) is 0 Å². The van der Waals surface area contributed by atoms with Crippen molar-refractivity contribution in [1.29, 1.82) is 0 Å². The van der Waals surface area contributed by atoms with E-state index < -0.39 is 0 Å². The fourth-order valence-electron chi connectivity index (χ4n) is 2.02. The quantitative estimate of drug-likeness (QED) is 0.623. The van der Waals surface area contributed by atoms with Crippen molar-refractivity contribution in [2.45, 2.75) is 59.9 Å². The number of ketones is 1. The first-order valence-corrected chi connectivity index (χ1v) is 6.83. The SMILES string of the molecule is CCCC(C)(C)NOc1cc(C)c(C)cc1C(C)=O. The van der Waals surface area contributed by atoms with Gasteiger partial charge in [0.1, 0.15) is 0 Å². The summed E-state index contributed by atoms with van der Waals surface area (Å²) in [5.41, 5.74) is 5.81. The number of aryl methyl sites for hydroxylation is 2. The third kappa shape index (κ3) is 4.35. The second kappa shape index (κ2) is 6.20. The summed E-state index contributed by atoms with van der Waals surface area (Å²) in [6.45, 7) is 11.9. The molecule has 0 heterocycles. The molecule has 19 heavy (non-hydrogen) atoms. The standard InChI is InChI=1S/C16H25NO2/c1-7-8-16(5,6)17-19-15-10-12(3)11(2)9-14(15)13(4)18/h9-10,17H,7-8H2,1-6H3. The van der Waals surface area contributed by atoms with Crippen LogP contribution in [0.4, 0.5) is 0 Å². The predicted molar refractivity (Wildman–Crippen MR) is 78.7 cm³/mol. The van der Waals surface area contributed by atoms with Gasteiger partial charge in [0.05, 0.1) is 5.56 Å². The van der Waals surface area contributed by atoms with Crippen molar-refractivity contribution in [3.63, 3.8) is 0 Å². The monoisotopic (exact) mass is 263 g/mol. The lowest BCUT2D eigenvalue weighted by Crippen LogP contribution is -2.41. The second-order valence-corrected chi connectivity index (χ2v) is 5.83. The summed E-state index contributed by atoms with van der Waals surface area (Å²) in [6, 6.07) is 3.81. The van der Waals surface area contributed by atoms with Gasteiger partial charge < -0.3 is 4.84 Å². The van der Waals surface area contributed by atoms with E-state index >= 15 is 0 Å². The maximum atomic E-state index is 11.7. The predicted octanol–water partition coefficient (Wildman–Crippen LogP) is 3.97. The molecule has 0 spiro atoms. The minimum Gasteiger partial charge on any atom is -0.407 e. The summed E-state index contributed by atoms with van der Waals surface area (Å²) in [6.07, 6.45) is 2.09. The summed E-state index contributed by atoms with van der Waals surface area (Å²) in [4.78, 5) is 17.4. The molecule has 0 aliphatic rings. The summed E-state index contributed by atoms with van der Waals surface area (Å²) in [7, 11) is 0. The van der Waals surface area contributed by atoms with E-state index in [4.69, 9.17) is 4.84 Å². The Morgan fingerprint density at radius 2 is 1.84 bits per heavy atom. The average molecular weight is 263 g/mol. The van der Waals surface area contributed by atoms with Crippen LogP contribution < -0.4 is 10.3 Å². The fourth-order valence-corrected chi connectivity index (χ4v) is 2.02. The zero-order chi connectivity index (χ0) is 14.6. The third-order valence-electron chi connectivity index (χ3n) is 3.29. The molecule has 0 radical (unpaired) electrons. The molecule has 0 aromatic heterocycles. The number of nitrogens with one attached hydrogen (secondary N) is 1. The van der Waals surface area contributed by atoms with E-state index in [1.165, 1.54) is 0 Å². The van der Waals surface area contributed by atoms with Crippen LogP contribution in [0.5, 0.6) is 5.75 Å². The average Bonchev–Trinajstić information content (AvgIpc) is 2.30. The molecule has 3 nitrogen and oxygen atoms in total. The van der Waals surface area contributed by atoms with Gasteiger partial charge in [-0.3, -0.25) is 4.79 Å². The number of Topliss-reactive ketones (excluding diaryl/α,β-unsaturated/α-hetero) is 1. The van der Waals surface area contributed by atoms with E-state index in [2.05, 4.69) is 26.3 Å². The first kappa shape index (κ1) is 15.7. The lowest BCUT2D eigenvalue weighted by molar-refractivity contribution is 0.0932. The number of hydroxylamine groups is 1. The molecular formula is C16H25NO2.